The molecule has 7 heteroatoms. The van der Waals surface area contributed by atoms with Crippen LogP contribution in [0.3, 0.4) is 0 Å². The number of esters is 1. The van der Waals surface area contributed by atoms with E-state index < -0.39 is 17.7 Å². The zero-order chi connectivity index (χ0) is 15.6. The normalized spacial score (nSPS) is 11.2. The molecule has 0 radical (unpaired) electrons. The van der Waals surface area contributed by atoms with E-state index in [0.29, 0.717) is 0 Å². The predicted octanol–water partition coefficient (Wildman–Crippen LogP) is 3.14. The average molecular weight is 296 g/mol. The van der Waals surface area contributed by atoms with E-state index in [1.807, 2.05) is 0 Å². The average Bonchev–Trinajstić information content (AvgIpc) is 2.46. The van der Waals surface area contributed by atoms with Crippen LogP contribution in [0.4, 0.5) is 18.9 Å². The van der Waals surface area contributed by atoms with Crippen LogP contribution in [-0.2, 0) is 10.9 Å². The third-order valence-corrected chi connectivity index (χ3v) is 2.78. The number of alkyl halides is 3. The number of methoxy groups -OCH3 is 1. The molecule has 0 aliphatic heterocycles. The van der Waals surface area contributed by atoms with E-state index in [1.54, 1.807) is 0 Å². The molecule has 0 aliphatic rings. The van der Waals surface area contributed by atoms with Gasteiger partial charge in [0.05, 0.1) is 24.1 Å². The van der Waals surface area contributed by atoms with Gasteiger partial charge < -0.3 is 10.5 Å². The highest BCUT2D eigenvalue weighted by Gasteiger charge is 2.30. The summed E-state index contributed by atoms with van der Waals surface area (Å²) in [5, 5.41) is 0. The first-order valence-electron chi connectivity index (χ1n) is 5.85. The number of carbonyl (C=O) groups is 1. The molecule has 0 atom stereocenters. The van der Waals surface area contributed by atoms with Gasteiger partial charge in [-0.05, 0) is 24.3 Å². The van der Waals surface area contributed by atoms with Crippen LogP contribution in [0.25, 0.3) is 11.3 Å². The van der Waals surface area contributed by atoms with Gasteiger partial charge in [0.25, 0.3) is 0 Å². The van der Waals surface area contributed by atoms with Crippen molar-refractivity contribution in [2.24, 2.45) is 0 Å². The van der Waals surface area contributed by atoms with Gasteiger partial charge in [-0.1, -0.05) is 12.1 Å². The Morgan fingerprint density at radius 2 is 1.95 bits per heavy atom. The summed E-state index contributed by atoms with van der Waals surface area (Å²) >= 11 is 0. The molecule has 21 heavy (non-hydrogen) atoms. The second kappa shape index (κ2) is 5.43. The first-order chi connectivity index (χ1) is 9.82. The quantitative estimate of drug-likeness (QED) is 0.865. The lowest BCUT2D eigenvalue weighted by Crippen LogP contribution is -2.07. The summed E-state index contributed by atoms with van der Waals surface area (Å²) in [5.41, 5.74) is 5.33. The molecule has 1 heterocycles. The second-order valence-corrected chi connectivity index (χ2v) is 4.20. The van der Waals surface area contributed by atoms with Gasteiger partial charge >= 0.3 is 12.1 Å². The van der Waals surface area contributed by atoms with Crippen LogP contribution in [0.2, 0.25) is 0 Å². The van der Waals surface area contributed by atoms with Crippen LogP contribution >= 0.6 is 0 Å². The van der Waals surface area contributed by atoms with Crippen LogP contribution in [0.15, 0.2) is 36.4 Å². The first-order valence-corrected chi connectivity index (χ1v) is 5.85. The van der Waals surface area contributed by atoms with Gasteiger partial charge in [0.2, 0.25) is 0 Å². The van der Waals surface area contributed by atoms with Gasteiger partial charge in [0.15, 0.2) is 0 Å². The minimum atomic E-state index is -4.47. The monoisotopic (exact) mass is 296 g/mol. The van der Waals surface area contributed by atoms with Crippen LogP contribution in [0, 0.1) is 0 Å². The Morgan fingerprint density at radius 3 is 2.57 bits per heavy atom. The fraction of sp³-hybridized carbons (Fsp3) is 0.143. The maximum absolute atomic E-state index is 12.7. The Balaban J connectivity index is 2.54. The Bertz CT molecular complexity index is 684. The van der Waals surface area contributed by atoms with Gasteiger partial charge in [0, 0.05) is 5.56 Å². The molecule has 2 aromatic rings. The molecule has 0 saturated carbocycles. The zero-order valence-electron chi connectivity index (χ0n) is 10.9. The fourth-order valence-corrected chi connectivity index (χ4v) is 1.76. The Kier molecular flexibility index (Phi) is 3.84. The van der Waals surface area contributed by atoms with Gasteiger partial charge in [-0.2, -0.15) is 13.2 Å². The molecule has 110 valence electrons. The molecule has 0 spiro atoms. The molecule has 0 amide bonds. The molecule has 2 rings (SSSR count). The van der Waals surface area contributed by atoms with Crippen molar-refractivity contribution in [3.63, 3.8) is 0 Å². The van der Waals surface area contributed by atoms with Crippen molar-refractivity contribution in [3.05, 3.63) is 47.7 Å². The van der Waals surface area contributed by atoms with E-state index in [9.17, 15) is 18.0 Å². The van der Waals surface area contributed by atoms with Crippen molar-refractivity contribution in [2.45, 2.75) is 6.18 Å². The molecule has 1 aromatic carbocycles. The third-order valence-electron chi connectivity index (χ3n) is 2.78. The predicted molar refractivity (Wildman–Crippen MR) is 70.4 cm³/mol. The van der Waals surface area contributed by atoms with Gasteiger partial charge in [-0.15, -0.1) is 0 Å². The summed E-state index contributed by atoms with van der Waals surface area (Å²) in [6, 6.07) is 7.32. The molecule has 2 N–H and O–H groups in total. The lowest BCUT2D eigenvalue weighted by molar-refractivity contribution is -0.137. The molecule has 0 saturated heterocycles. The molecule has 4 nitrogen and oxygen atoms in total. The van der Waals surface area contributed by atoms with Crippen LogP contribution in [0.5, 0.6) is 0 Å². The van der Waals surface area contributed by atoms with E-state index in [0.717, 1.165) is 12.1 Å². The maximum Gasteiger partial charge on any atom is 0.416 e. The minimum Gasteiger partial charge on any atom is -0.464 e. The lowest BCUT2D eigenvalue weighted by Gasteiger charge is -2.10. The number of pyridine rings is 1. The number of hydrogen-bond donors (Lipinski definition) is 1. The summed E-state index contributed by atoms with van der Waals surface area (Å²) in [7, 11) is 1.18. The topological polar surface area (TPSA) is 65.2 Å². The van der Waals surface area contributed by atoms with E-state index in [4.69, 9.17) is 5.73 Å². The Labute approximate surface area is 118 Å². The summed E-state index contributed by atoms with van der Waals surface area (Å²) in [6.07, 6.45) is -4.47. The van der Waals surface area contributed by atoms with E-state index in [1.165, 1.54) is 31.4 Å². The van der Waals surface area contributed by atoms with Crippen molar-refractivity contribution in [1.29, 1.82) is 0 Å². The fourth-order valence-electron chi connectivity index (χ4n) is 1.76. The SMILES string of the molecule is COC(=O)c1ccc(N)c(-c2cccc(C(F)(F)F)c2)n1. The van der Waals surface area contributed by atoms with E-state index >= 15 is 0 Å². The van der Waals surface area contributed by atoms with Crippen molar-refractivity contribution < 1.29 is 22.7 Å². The molecular formula is C14H11F3N2O2. The number of hydrogen-bond acceptors (Lipinski definition) is 4. The van der Waals surface area contributed by atoms with Crippen LogP contribution in [0.1, 0.15) is 16.1 Å². The number of carbonyl (C=O) groups excluding carboxylic acids is 1. The zero-order valence-corrected chi connectivity index (χ0v) is 10.9. The van der Waals surface area contributed by atoms with Gasteiger partial charge in [-0.25, -0.2) is 9.78 Å². The summed E-state index contributed by atoms with van der Waals surface area (Å²) in [4.78, 5) is 15.4. The molecule has 0 unspecified atom stereocenters. The number of nitrogens with zero attached hydrogens (tertiary/aromatic N) is 1. The summed E-state index contributed by atoms with van der Waals surface area (Å²) < 4.78 is 42.7. The third kappa shape index (κ3) is 3.13. The Hall–Kier alpha value is -2.57. The number of ether oxygens (including phenoxy) is 1. The number of aromatic nitrogens is 1. The van der Waals surface area contributed by atoms with Crippen molar-refractivity contribution in [1.82, 2.24) is 4.98 Å². The first kappa shape index (κ1) is 14.8. The summed E-state index contributed by atoms with van der Waals surface area (Å²) in [6.45, 7) is 0. The molecule has 0 fully saturated rings. The highest BCUT2D eigenvalue weighted by atomic mass is 19.4. The minimum absolute atomic E-state index is 0.0286. The van der Waals surface area contributed by atoms with Crippen molar-refractivity contribution >= 4 is 11.7 Å². The maximum atomic E-state index is 12.7. The van der Waals surface area contributed by atoms with Crippen molar-refractivity contribution in [3.8, 4) is 11.3 Å². The van der Waals surface area contributed by atoms with Gasteiger partial charge in [0.1, 0.15) is 5.69 Å². The van der Waals surface area contributed by atoms with Crippen LogP contribution in [-0.4, -0.2) is 18.1 Å². The number of nitrogen functional groups attached to an aromatic ring is 1. The number of halogens is 3. The standard InChI is InChI=1S/C14H11F3N2O2/c1-21-13(20)11-6-5-10(18)12(19-11)8-3-2-4-9(7-8)14(15,16)17/h2-7H,18H2,1H3. The van der Waals surface area contributed by atoms with Gasteiger partial charge in [-0.3, -0.25) is 0 Å². The van der Waals surface area contributed by atoms with Crippen molar-refractivity contribution in [2.75, 3.05) is 12.8 Å². The molecule has 0 aliphatic carbocycles. The number of benzene rings is 1. The number of nitrogens with two attached hydrogens (primary N) is 1. The molecule has 1 aromatic heterocycles. The Morgan fingerprint density at radius 1 is 1.24 bits per heavy atom. The lowest BCUT2D eigenvalue weighted by atomic mass is 10.1. The highest BCUT2D eigenvalue weighted by Crippen LogP contribution is 2.33. The smallest absolute Gasteiger partial charge is 0.416 e. The number of rotatable bonds is 2. The van der Waals surface area contributed by atoms with Crippen LogP contribution < -0.4 is 5.73 Å². The largest absolute Gasteiger partial charge is 0.464 e. The van der Waals surface area contributed by atoms with E-state index in [2.05, 4.69) is 9.72 Å². The van der Waals surface area contributed by atoms with E-state index in [-0.39, 0.29) is 22.6 Å². The molecular weight excluding hydrogens is 285 g/mol. The summed E-state index contributed by atoms with van der Waals surface area (Å²) in [5.74, 6) is -0.691. The highest BCUT2D eigenvalue weighted by molar-refractivity contribution is 5.89. The number of anilines is 1. The second-order valence-electron chi connectivity index (χ2n) is 4.20. The molecule has 0 bridgehead atoms.